The number of ether oxygens (including phenoxy) is 2. The molecule has 0 unspecified atom stereocenters. The molecule has 148 valence electrons. The Hall–Kier alpha value is -1.37. The van der Waals surface area contributed by atoms with Gasteiger partial charge in [0.25, 0.3) is 0 Å². The van der Waals surface area contributed by atoms with Crippen LogP contribution >= 0.6 is 0 Å². The highest BCUT2D eigenvalue weighted by molar-refractivity contribution is 5.77. The van der Waals surface area contributed by atoms with E-state index in [2.05, 4.69) is 6.92 Å². The molecule has 0 aromatic carbocycles. The predicted octanol–water partition coefficient (Wildman–Crippen LogP) is 2.23. The van der Waals surface area contributed by atoms with E-state index in [9.17, 15) is 15.0 Å². The van der Waals surface area contributed by atoms with Crippen LogP contribution in [0.2, 0.25) is 0 Å². The molecule has 2 heterocycles. The van der Waals surface area contributed by atoms with Crippen LogP contribution < -0.4 is 0 Å². The van der Waals surface area contributed by atoms with Gasteiger partial charge in [-0.2, -0.15) is 0 Å². The lowest BCUT2D eigenvalue weighted by molar-refractivity contribution is -0.200. The average Bonchev–Trinajstić information content (AvgIpc) is 3.17. The van der Waals surface area contributed by atoms with Crippen LogP contribution in [0.5, 0.6) is 0 Å². The lowest BCUT2D eigenvalue weighted by Gasteiger charge is -2.60. The zero-order valence-electron chi connectivity index (χ0n) is 16.1. The monoisotopic (exact) mass is 376 g/mol. The Morgan fingerprint density at radius 2 is 2.11 bits per heavy atom. The second kappa shape index (κ2) is 5.58. The van der Waals surface area contributed by atoms with Crippen molar-refractivity contribution in [3.05, 3.63) is 23.7 Å². The Morgan fingerprint density at radius 1 is 1.33 bits per heavy atom. The summed E-state index contributed by atoms with van der Waals surface area (Å²) in [4.78, 5) is 12.8. The number of furan rings is 1. The first-order chi connectivity index (χ1) is 12.8. The fourth-order valence-corrected chi connectivity index (χ4v) is 7.48. The molecule has 6 nitrogen and oxygen atoms in total. The van der Waals surface area contributed by atoms with Gasteiger partial charge in [-0.05, 0) is 55.6 Å². The van der Waals surface area contributed by atoms with Crippen molar-refractivity contribution in [3.63, 3.8) is 0 Å². The van der Waals surface area contributed by atoms with Crippen LogP contribution in [-0.2, 0) is 20.7 Å². The number of carbonyl (C=O) groups is 1. The lowest BCUT2D eigenvalue weighted by Crippen LogP contribution is -2.63. The largest absolute Gasteiger partial charge is 0.469 e. The molecular weight excluding hydrogens is 348 g/mol. The van der Waals surface area contributed by atoms with Crippen molar-refractivity contribution < 1.29 is 28.9 Å². The zero-order valence-corrected chi connectivity index (χ0v) is 16.1. The molecule has 2 N–H and O–H groups in total. The van der Waals surface area contributed by atoms with Crippen molar-refractivity contribution >= 4 is 5.97 Å². The van der Waals surface area contributed by atoms with E-state index in [1.165, 1.54) is 12.7 Å². The molecule has 2 saturated carbocycles. The van der Waals surface area contributed by atoms with E-state index in [0.29, 0.717) is 31.1 Å². The second-order valence-electron chi connectivity index (χ2n) is 9.39. The van der Waals surface area contributed by atoms with Gasteiger partial charge in [-0.15, -0.1) is 0 Å². The first-order valence-corrected chi connectivity index (χ1v) is 9.99. The number of aliphatic hydroxyl groups excluding tert-OH is 2. The molecule has 1 saturated heterocycles. The van der Waals surface area contributed by atoms with Crippen LogP contribution in [0.15, 0.2) is 16.7 Å². The molecule has 27 heavy (non-hydrogen) atoms. The maximum Gasteiger partial charge on any atom is 0.312 e. The Morgan fingerprint density at radius 3 is 2.85 bits per heavy atom. The van der Waals surface area contributed by atoms with E-state index in [1.807, 2.05) is 13.0 Å². The van der Waals surface area contributed by atoms with Gasteiger partial charge >= 0.3 is 5.97 Å². The molecule has 3 fully saturated rings. The third kappa shape index (κ3) is 2.04. The highest BCUT2D eigenvalue weighted by atomic mass is 16.6. The molecule has 3 aliphatic carbocycles. The minimum atomic E-state index is -0.981. The molecule has 6 heteroatoms. The zero-order chi connectivity index (χ0) is 19.1. The van der Waals surface area contributed by atoms with Gasteiger partial charge in [0, 0.05) is 17.8 Å². The quantitative estimate of drug-likeness (QED) is 0.731. The average molecular weight is 376 g/mol. The molecule has 0 amide bonds. The molecule has 0 radical (unpaired) electrons. The molecule has 2 bridgehead atoms. The third-order valence-corrected chi connectivity index (χ3v) is 8.33. The van der Waals surface area contributed by atoms with Gasteiger partial charge in [0.2, 0.25) is 0 Å². The van der Waals surface area contributed by atoms with Crippen molar-refractivity contribution in [2.45, 2.75) is 63.9 Å². The summed E-state index contributed by atoms with van der Waals surface area (Å²) in [6.07, 6.45) is 2.21. The fraction of sp³-hybridized carbons (Fsp3) is 0.762. The van der Waals surface area contributed by atoms with Crippen LogP contribution in [0.1, 0.15) is 50.4 Å². The first-order valence-electron chi connectivity index (χ1n) is 9.99. The highest BCUT2D eigenvalue weighted by Crippen LogP contribution is 2.70. The topological polar surface area (TPSA) is 89.1 Å². The SMILES string of the molecule is COC(=O)[C@]1(C)C[C@H](O)C[C@@]23[C@H]1[C@@H](C[C@H]1[C@@H](C)c4ccoc4C[C@@H]12)O[C@@H]3O. The Labute approximate surface area is 158 Å². The second-order valence-corrected chi connectivity index (χ2v) is 9.39. The van der Waals surface area contributed by atoms with Crippen molar-refractivity contribution in [1.29, 1.82) is 0 Å². The van der Waals surface area contributed by atoms with Crippen LogP contribution in [0.25, 0.3) is 0 Å². The van der Waals surface area contributed by atoms with E-state index in [1.54, 1.807) is 6.26 Å². The van der Waals surface area contributed by atoms with E-state index in [4.69, 9.17) is 13.9 Å². The maximum atomic E-state index is 12.8. The summed E-state index contributed by atoms with van der Waals surface area (Å²) in [5.74, 6) is 1.22. The number of carbonyl (C=O) groups excluding carboxylic acids is 1. The summed E-state index contributed by atoms with van der Waals surface area (Å²) in [5, 5.41) is 21.9. The number of fused-ring (bicyclic) bond motifs is 2. The third-order valence-electron chi connectivity index (χ3n) is 8.33. The van der Waals surface area contributed by atoms with Crippen molar-refractivity contribution in [1.82, 2.24) is 0 Å². The van der Waals surface area contributed by atoms with Gasteiger partial charge in [0.15, 0.2) is 6.29 Å². The summed E-state index contributed by atoms with van der Waals surface area (Å²) >= 11 is 0. The summed E-state index contributed by atoms with van der Waals surface area (Å²) < 4.78 is 17.0. The van der Waals surface area contributed by atoms with Gasteiger partial charge in [-0.1, -0.05) is 6.92 Å². The number of esters is 1. The van der Waals surface area contributed by atoms with Gasteiger partial charge in [0.1, 0.15) is 5.76 Å². The first kappa shape index (κ1) is 17.7. The number of aliphatic hydroxyl groups is 2. The van der Waals surface area contributed by atoms with Crippen molar-refractivity contribution in [2.24, 2.45) is 28.6 Å². The van der Waals surface area contributed by atoms with Crippen LogP contribution in [0, 0.1) is 28.6 Å². The Kier molecular flexibility index (Phi) is 3.66. The van der Waals surface area contributed by atoms with E-state index < -0.39 is 23.2 Å². The summed E-state index contributed by atoms with van der Waals surface area (Å²) in [7, 11) is 1.39. The smallest absolute Gasteiger partial charge is 0.312 e. The number of rotatable bonds is 1. The number of hydrogen-bond donors (Lipinski definition) is 2. The minimum Gasteiger partial charge on any atom is -0.469 e. The molecule has 1 aliphatic heterocycles. The Balaban J connectivity index is 1.66. The molecule has 9 atom stereocenters. The standard InChI is InChI=1S/C21H28O6/c1-10-12-4-5-26-15(12)7-14-13(10)6-16-17-20(2,18(23)25-3)8-11(22)9-21(14,17)19(24)27-16/h4-5,10-11,13-14,16-17,19,22,24H,6-9H2,1-3H3/t10-,11-,13-,14-,16+,17-,19-,20+,21-/m0/s1. The molecule has 1 aromatic rings. The lowest BCUT2D eigenvalue weighted by atomic mass is 9.42. The van der Waals surface area contributed by atoms with Crippen LogP contribution in [0.4, 0.5) is 0 Å². The predicted molar refractivity (Wildman–Crippen MR) is 94.6 cm³/mol. The summed E-state index contributed by atoms with van der Waals surface area (Å²) in [6, 6.07) is 2.05. The van der Waals surface area contributed by atoms with Gasteiger partial charge in [-0.25, -0.2) is 0 Å². The maximum absolute atomic E-state index is 12.8. The molecule has 1 aromatic heterocycles. The van der Waals surface area contributed by atoms with Crippen molar-refractivity contribution in [3.8, 4) is 0 Å². The normalized spacial score (nSPS) is 50.5. The Bertz CT molecular complexity index is 772. The van der Waals surface area contributed by atoms with Gasteiger partial charge in [-0.3, -0.25) is 4.79 Å². The van der Waals surface area contributed by atoms with Crippen molar-refractivity contribution in [2.75, 3.05) is 7.11 Å². The number of methoxy groups -OCH3 is 1. The van der Waals surface area contributed by atoms with E-state index in [-0.39, 0.29) is 23.9 Å². The van der Waals surface area contributed by atoms with E-state index >= 15 is 0 Å². The summed E-state index contributed by atoms with van der Waals surface area (Å²) in [5.41, 5.74) is -0.286. The molecule has 0 spiro atoms. The molecule has 4 aliphatic rings. The van der Waals surface area contributed by atoms with E-state index in [0.717, 1.165) is 12.2 Å². The number of hydrogen-bond acceptors (Lipinski definition) is 6. The molecule has 5 rings (SSSR count). The van der Waals surface area contributed by atoms with Gasteiger partial charge < -0.3 is 24.1 Å². The van der Waals surface area contributed by atoms with Gasteiger partial charge in [0.05, 0.1) is 31.0 Å². The molecular formula is C21H28O6. The van der Waals surface area contributed by atoms with Crippen LogP contribution in [-0.4, -0.2) is 41.8 Å². The fourth-order valence-electron chi connectivity index (χ4n) is 7.48. The minimum absolute atomic E-state index is 0.101. The summed E-state index contributed by atoms with van der Waals surface area (Å²) in [6.45, 7) is 4.09. The highest BCUT2D eigenvalue weighted by Gasteiger charge is 2.73. The van der Waals surface area contributed by atoms with Crippen LogP contribution in [0.3, 0.4) is 0 Å².